The maximum atomic E-state index is 12.1. The van der Waals surface area contributed by atoms with Crippen molar-refractivity contribution in [3.05, 3.63) is 27.8 Å². The van der Waals surface area contributed by atoms with Gasteiger partial charge in [-0.3, -0.25) is 9.36 Å². The van der Waals surface area contributed by atoms with Gasteiger partial charge in [0.2, 0.25) is 0 Å². The number of hydrogen-bond acceptors (Lipinski definition) is 7. The van der Waals surface area contributed by atoms with Crippen molar-refractivity contribution in [1.82, 2.24) is 9.55 Å². The fourth-order valence-corrected chi connectivity index (χ4v) is 2.86. The monoisotopic (exact) mass is 351 g/mol. The van der Waals surface area contributed by atoms with E-state index in [0.29, 0.717) is 18.4 Å². The molecule has 1 saturated heterocycles. The van der Waals surface area contributed by atoms with Gasteiger partial charge in [-0.25, -0.2) is 4.79 Å². The molecular weight excluding hydrogens is 326 g/mol. The Hall–Kier alpha value is -2.03. The van der Waals surface area contributed by atoms with Crippen LogP contribution in [0.15, 0.2) is 16.6 Å². The molecule has 8 nitrogen and oxygen atoms in total. The van der Waals surface area contributed by atoms with Crippen LogP contribution in [0.25, 0.3) is 6.08 Å². The lowest BCUT2D eigenvalue weighted by atomic mass is 10.1. The maximum absolute atomic E-state index is 12.1. The molecule has 0 amide bonds. The van der Waals surface area contributed by atoms with Gasteiger partial charge in [-0.2, -0.15) is 4.98 Å². The van der Waals surface area contributed by atoms with Gasteiger partial charge in [-0.05, 0) is 13.3 Å². The number of carbonyl (C=O) groups is 1. The van der Waals surface area contributed by atoms with Crippen molar-refractivity contribution in [1.29, 1.82) is 0 Å². The van der Waals surface area contributed by atoms with Gasteiger partial charge in [-0.1, -0.05) is 18.6 Å². The first-order valence-electron chi connectivity index (χ1n) is 8.37. The van der Waals surface area contributed by atoms with Gasteiger partial charge < -0.3 is 20.7 Å². The van der Waals surface area contributed by atoms with Crippen molar-refractivity contribution in [2.75, 3.05) is 12.3 Å². The second-order valence-electron chi connectivity index (χ2n) is 6.34. The highest BCUT2D eigenvalue weighted by atomic mass is 16.5. The van der Waals surface area contributed by atoms with Gasteiger partial charge in [0.25, 0.3) is 0 Å². The van der Waals surface area contributed by atoms with E-state index >= 15 is 0 Å². The highest BCUT2D eigenvalue weighted by molar-refractivity contribution is 5.82. The topological polar surface area (TPSA) is 128 Å². The number of nitrogens with two attached hydrogens (primary N) is 1. The van der Waals surface area contributed by atoms with E-state index in [1.54, 1.807) is 6.08 Å². The molecule has 2 heterocycles. The number of Topliss-reactive ketones (excluding diaryl/α,β-unsaturated/α-hetero) is 1. The van der Waals surface area contributed by atoms with E-state index in [0.717, 1.165) is 12.0 Å². The van der Waals surface area contributed by atoms with Crippen LogP contribution < -0.4 is 11.4 Å². The minimum Gasteiger partial charge on any atom is -0.394 e. The van der Waals surface area contributed by atoms with Gasteiger partial charge >= 0.3 is 5.69 Å². The zero-order chi connectivity index (χ0) is 18.6. The van der Waals surface area contributed by atoms with E-state index < -0.39 is 24.1 Å². The molecule has 3 atom stereocenters. The highest BCUT2D eigenvalue weighted by Crippen LogP contribution is 2.28. The van der Waals surface area contributed by atoms with Crippen LogP contribution in [-0.4, -0.2) is 44.4 Å². The van der Waals surface area contributed by atoms with E-state index in [2.05, 4.69) is 4.98 Å². The standard InChI is InChI=1S/C17H25N3O5/c1-3-4-12(22)6-10(2)5-11-8-20(17(24)19-16(11)18)15-7-13(23)14(9-21)25-15/h5,8,13-15,21,23H,3-4,6-7,9H2,1-2H3,(H2,18,19,24)/t13-,14+,15+/m0/s1. The average molecular weight is 351 g/mol. The lowest BCUT2D eigenvalue weighted by Crippen LogP contribution is -2.28. The zero-order valence-electron chi connectivity index (χ0n) is 14.5. The third kappa shape index (κ3) is 4.75. The summed E-state index contributed by atoms with van der Waals surface area (Å²) in [6.45, 7) is 3.44. The number of hydrogen-bond donors (Lipinski definition) is 3. The molecule has 0 saturated carbocycles. The minimum atomic E-state index is -0.855. The summed E-state index contributed by atoms with van der Waals surface area (Å²) in [6.07, 6.45) is 2.74. The molecule has 25 heavy (non-hydrogen) atoms. The molecular formula is C17H25N3O5. The van der Waals surface area contributed by atoms with Crippen LogP contribution in [0.1, 0.15) is 51.3 Å². The first kappa shape index (κ1) is 19.3. The summed E-state index contributed by atoms with van der Waals surface area (Å²) in [4.78, 5) is 27.6. The number of rotatable bonds is 7. The molecule has 1 aliphatic heterocycles. The van der Waals surface area contributed by atoms with E-state index in [-0.39, 0.29) is 24.6 Å². The summed E-state index contributed by atoms with van der Waals surface area (Å²) in [5, 5.41) is 19.0. The summed E-state index contributed by atoms with van der Waals surface area (Å²) in [7, 11) is 0. The van der Waals surface area contributed by atoms with Gasteiger partial charge in [0.1, 0.15) is 23.9 Å². The molecule has 1 aliphatic rings. The number of ketones is 1. The molecule has 138 valence electrons. The largest absolute Gasteiger partial charge is 0.394 e. The van der Waals surface area contributed by atoms with E-state index in [1.165, 1.54) is 10.8 Å². The molecule has 2 rings (SSSR count). The predicted octanol–water partition coefficient (Wildman–Crippen LogP) is 0.629. The third-order valence-electron chi connectivity index (χ3n) is 4.11. The molecule has 0 bridgehead atoms. The quantitative estimate of drug-likeness (QED) is 0.657. The number of aliphatic hydroxyl groups is 2. The number of aromatic nitrogens is 2. The third-order valence-corrected chi connectivity index (χ3v) is 4.11. The molecule has 1 aromatic rings. The molecule has 0 spiro atoms. The molecule has 1 aromatic heterocycles. The summed E-state index contributed by atoms with van der Waals surface area (Å²) in [6, 6.07) is 0. The Balaban J connectivity index is 2.26. The Bertz CT molecular complexity index is 713. The Morgan fingerprint density at radius 1 is 1.56 bits per heavy atom. The summed E-state index contributed by atoms with van der Waals surface area (Å²) >= 11 is 0. The van der Waals surface area contributed by atoms with Crippen LogP contribution in [0.2, 0.25) is 0 Å². The summed E-state index contributed by atoms with van der Waals surface area (Å²) < 4.78 is 6.75. The van der Waals surface area contributed by atoms with Crippen LogP contribution in [0.5, 0.6) is 0 Å². The van der Waals surface area contributed by atoms with Crippen LogP contribution >= 0.6 is 0 Å². The Morgan fingerprint density at radius 3 is 2.88 bits per heavy atom. The zero-order valence-corrected chi connectivity index (χ0v) is 14.5. The molecule has 0 radical (unpaired) electrons. The van der Waals surface area contributed by atoms with Crippen LogP contribution in [-0.2, 0) is 9.53 Å². The number of nitrogens with zero attached hydrogens (tertiary/aromatic N) is 2. The Morgan fingerprint density at radius 2 is 2.28 bits per heavy atom. The smallest absolute Gasteiger partial charge is 0.351 e. The van der Waals surface area contributed by atoms with Gasteiger partial charge in [0.05, 0.1) is 12.7 Å². The molecule has 8 heteroatoms. The Labute approximate surface area is 145 Å². The van der Waals surface area contributed by atoms with E-state index in [4.69, 9.17) is 15.6 Å². The number of nitrogen functional groups attached to an aromatic ring is 1. The molecule has 4 N–H and O–H groups in total. The second kappa shape index (κ2) is 8.37. The number of anilines is 1. The lowest BCUT2D eigenvalue weighted by molar-refractivity contribution is -0.118. The van der Waals surface area contributed by atoms with Crippen LogP contribution in [0.4, 0.5) is 5.82 Å². The van der Waals surface area contributed by atoms with Crippen LogP contribution in [0, 0.1) is 0 Å². The molecule has 0 aromatic carbocycles. The second-order valence-corrected chi connectivity index (χ2v) is 6.34. The minimum absolute atomic E-state index is 0.0702. The maximum Gasteiger partial charge on any atom is 0.351 e. The van der Waals surface area contributed by atoms with Crippen LogP contribution in [0.3, 0.4) is 0 Å². The number of carbonyl (C=O) groups excluding carboxylic acids is 1. The van der Waals surface area contributed by atoms with Gasteiger partial charge in [0.15, 0.2) is 0 Å². The van der Waals surface area contributed by atoms with E-state index in [1.807, 2.05) is 13.8 Å². The van der Waals surface area contributed by atoms with Crippen molar-refractivity contribution in [2.24, 2.45) is 0 Å². The number of aliphatic hydroxyl groups excluding tert-OH is 2. The predicted molar refractivity (Wildman–Crippen MR) is 92.7 cm³/mol. The lowest BCUT2D eigenvalue weighted by Gasteiger charge is -2.15. The normalized spacial score (nSPS) is 23.8. The Kier molecular flexibility index (Phi) is 6.46. The fourth-order valence-electron chi connectivity index (χ4n) is 2.86. The van der Waals surface area contributed by atoms with Crippen molar-refractivity contribution < 1.29 is 19.7 Å². The molecule has 0 aliphatic carbocycles. The van der Waals surface area contributed by atoms with Crippen molar-refractivity contribution in [3.8, 4) is 0 Å². The summed E-state index contributed by atoms with van der Waals surface area (Å²) in [5.41, 5.74) is 6.55. The first-order valence-corrected chi connectivity index (χ1v) is 8.37. The fraction of sp³-hybridized carbons (Fsp3) is 0.588. The van der Waals surface area contributed by atoms with Crippen molar-refractivity contribution in [2.45, 2.75) is 58.0 Å². The van der Waals surface area contributed by atoms with E-state index in [9.17, 15) is 14.7 Å². The molecule has 1 fully saturated rings. The van der Waals surface area contributed by atoms with Gasteiger partial charge in [-0.15, -0.1) is 0 Å². The number of ether oxygens (including phenoxy) is 1. The highest BCUT2D eigenvalue weighted by Gasteiger charge is 2.35. The SMILES string of the molecule is CCCC(=O)CC(C)=Cc1cn([C@H]2C[C@H](O)[C@@H](CO)O2)c(=O)nc1N. The van der Waals surface area contributed by atoms with Crippen molar-refractivity contribution in [3.63, 3.8) is 0 Å². The average Bonchev–Trinajstić information content (AvgIpc) is 2.90. The summed E-state index contributed by atoms with van der Waals surface area (Å²) in [5.74, 6) is 0.213. The van der Waals surface area contributed by atoms with Crippen molar-refractivity contribution >= 4 is 17.7 Å². The number of allylic oxidation sites excluding steroid dienone is 1. The molecule has 0 unspecified atom stereocenters. The first-order chi connectivity index (χ1) is 11.8. The van der Waals surface area contributed by atoms with Gasteiger partial charge in [0, 0.05) is 31.0 Å².